The van der Waals surface area contributed by atoms with Crippen molar-refractivity contribution >= 4 is 5.97 Å². The van der Waals surface area contributed by atoms with E-state index in [-0.39, 0.29) is 35.1 Å². The minimum Gasteiger partial charge on any atom is -0.545 e. The largest absolute Gasteiger partial charge is 1.00 e. The van der Waals surface area contributed by atoms with Crippen LogP contribution >= 0.6 is 0 Å². The van der Waals surface area contributed by atoms with Crippen molar-refractivity contribution in [2.75, 3.05) is 0 Å². The fourth-order valence-electron chi connectivity index (χ4n) is 0.497. The molecule has 52 valence electrons. The summed E-state index contributed by atoms with van der Waals surface area (Å²) in [5, 5.41) is 10.0. The first-order chi connectivity index (χ1) is 4.70. The van der Waals surface area contributed by atoms with E-state index in [1.165, 1.54) is 0 Å². The van der Waals surface area contributed by atoms with Gasteiger partial charge in [0.25, 0.3) is 0 Å². The van der Waals surface area contributed by atoms with Crippen LogP contribution in [-0.2, 0) is 0 Å². The maximum absolute atomic E-state index is 12.0. The normalized spacial score (nSPS) is 8.45. The molecule has 11 heavy (non-hydrogen) atoms. The molecule has 1 aromatic heterocycles. The number of pyridine rings is 1. The summed E-state index contributed by atoms with van der Waals surface area (Å²) in [6.45, 7) is 0. The fraction of sp³-hybridized carbons (Fsp3) is 0. The molecule has 0 aromatic carbocycles. The van der Waals surface area contributed by atoms with Crippen LogP contribution in [-0.4, -0.2) is 11.0 Å². The first-order valence-electron chi connectivity index (χ1n) is 2.53. The Bertz CT molecular complexity index is 249. The number of carboxylic acids is 1. The van der Waals surface area contributed by atoms with Gasteiger partial charge in [-0.3, -0.25) is 0 Å². The van der Waals surface area contributed by atoms with Gasteiger partial charge in [0.2, 0.25) is 5.95 Å². The molecule has 0 saturated carbocycles. The molecule has 0 saturated heterocycles. The van der Waals surface area contributed by atoms with Gasteiger partial charge in [-0.05, 0) is 12.1 Å². The molecule has 1 aromatic rings. The molecule has 0 spiro atoms. The first kappa shape index (κ1) is 10.6. The van der Waals surface area contributed by atoms with Gasteiger partial charge >= 0.3 is 29.6 Å². The van der Waals surface area contributed by atoms with Crippen molar-refractivity contribution in [2.45, 2.75) is 0 Å². The van der Waals surface area contributed by atoms with Crippen molar-refractivity contribution < 1.29 is 43.8 Å². The Morgan fingerprint density at radius 2 is 2.18 bits per heavy atom. The van der Waals surface area contributed by atoms with Crippen molar-refractivity contribution in [3.8, 4) is 0 Å². The van der Waals surface area contributed by atoms with Crippen LogP contribution in [0.25, 0.3) is 0 Å². The molecule has 1 heterocycles. The van der Waals surface area contributed by atoms with Gasteiger partial charge in [-0.1, -0.05) is 0 Å². The third-order valence-corrected chi connectivity index (χ3v) is 0.963. The van der Waals surface area contributed by atoms with E-state index in [0.29, 0.717) is 0 Å². The number of nitrogens with zero attached hydrogens (tertiary/aromatic N) is 1. The fourth-order valence-corrected chi connectivity index (χ4v) is 0.497. The molecule has 0 aliphatic rings. The molecule has 3 nitrogen and oxygen atoms in total. The predicted molar refractivity (Wildman–Crippen MR) is 28.5 cm³/mol. The summed E-state index contributed by atoms with van der Waals surface area (Å²) in [6, 6.07) is 2.06. The van der Waals surface area contributed by atoms with Crippen LogP contribution in [0, 0.1) is 5.95 Å². The van der Waals surface area contributed by atoms with Crippen LogP contribution in [0.1, 0.15) is 10.4 Å². The molecule has 0 unspecified atom stereocenters. The summed E-state index contributed by atoms with van der Waals surface area (Å²) < 4.78 is 12.0. The Balaban J connectivity index is 0.000001000. The average Bonchev–Trinajstić information content (AvgIpc) is 1.88. The van der Waals surface area contributed by atoms with Crippen LogP contribution in [0.5, 0.6) is 0 Å². The Hall–Kier alpha value is -0.450. The molecular formula is C6H3FNNaO2. The number of aromatic nitrogens is 1. The van der Waals surface area contributed by atoms with E-state index >= 15 is 0 Å². The van der Waals surface area contributed by atoms with Gasteiger partial charge < -0.3 is 9.90 Å². The molecule has 0 N–H and O–H groups in total. The summed E-state index contributed by atoms with van der Waals surface area (Å²) in [6.07, 6.45) is 0.907. The quantitative estimate of drug-likeness (QED) is 0.320. The van der Waals surface area contributed by atoms with Gasteiger partial charge in [0.15, 0.2) is 0 Å². The van der Waals surface area contributed by atoms with Crippen molar-refractivity contribution in [1.82, 2.24) is 4.98 Å². The minimum absolute atomic E-state index is 0. The Kier molecular flexibility index (Phi) is 4.25. The number of carboxylic acid groups (broad SMARTS) is 1. The molecule has 0 fully saturated rings. The van der Waals surface area contributed by atoms with E-state index in [4.69, 9.17) is 0 Å². The topological polar surface area (TPSA) is 53.0 Å². The minimum atomic E-state index is -1.35. The molecule has 0 aliphatic heterocycles. The molecule has 0 radical (unpaired) electrons. The van der Waals surface area contributed by atoms with Gasteiger partial charge in [-0.15, -0.1) is 0 Å². The molecule has 0 bridgehead atoms. The van der Waals surface area contributed by atoms with Crippen LogP contribution in [0.3, 0.4) is 0 Å². The summed E-state index contributed by atoms with van der Waals surface area (Å²) in [5.74, 6) is -2.06. The molecule has 1 rings (SSSR count). The number of hydrogen-bond donors (Lipinski definition) is 0. The smallest absolute Gasteiger partial charge is 0.545 e. The number of carbonyl (C=O) groups is 1. The third-order valence-electron chi connectivity index (χ3n) is 0.963. The van der Waals surface area contributed by atoms with Crippen LogP contribution in [0.15, 0.2) is 18.3 Å². The number of rotatable bonds is 1. The van der Waals surface area contributed by atoms with Gasteiger partial charge in [-0.2, -0.15) is 4.39 Å². The zero-order valence-electron chi connectivity index (χ0n) is 5.87. The van der Waals surface area contributed by atoms with E-state index < -0.39 is 11.9 Å². The summed E-state index contributed by atoms with van der Waals surface area (Å²) in [5.41, 5.74) is -0.124. The maximum Gasteiger partial charge on any atom is 1.00 e. The van der Waals surface area contributed by atoms with E-state index in [2.05, 4.69) is 4.98 Å². The Morgan fingerprint density at radius 3 is 2.55 bits per heavy atom. The Labute approximate surface area is 84.6 Å². The van der Waals surface area contributed by atoms with Gasteiger partial charge in [-0.25, -0.2) is 4.98 Å². The van der Waals surface area contributed by atoms with Gasteiger partial charge in [0.1, 0.15) is 0 Å². The second kappa shape index (κ2) is 4.43. The Morgan fingerprint density at radius 1 is 1.55 bits per heavy atom. The average molecular weight is 163 g/mol. The van der Waals surface area contributed by atoms with Crippen molar-refractivity contribution in [3.05, 3.63) is 29.8 Å². The third kappa shape index (κ3) is 2.96. The van der Waals surface area contributed by atoms with Crippen molar-refractivity contribution in [1.29, 1.82) is 0 Å². The van der Waals surface area contributed by atoms with E-state index in [9.17, 15) is 14.3 Å². The van der Waals surface area contributed by atoms with E-state index in [1.54, 1.807) is 0 Å². The van der Waals surface area contributed by atoms with E-state index in [0.717, 1.165) is 18.3 Å². The summed E-state index contributed by atoms with van der Waals surface area (Å²) in [7, 11) is 0. The van der Waals surface area contributed by atoms with Gasteiger partial charge in [0.05, 0.1) is 5.97 Å². The number of halogens is 1. The SMILES string of the molecule is O=C([O-])c1ccc(F)nc1.[Na+]. The molecule has 0 amide bonds. The zero-order chi connectivity index (χ0) is 7.56. The van der Waals surface area contributed by atoms with Crippen LogP contribution in [0.4, 0.5) is 4.39 Å². The molecule has 5 heteroatoms. The zero-order valence-corrected chi connectivity index (χ0v) is 7.87. The predicted octanol–water partition coefficient (Wildman–Crippen LogP) is -3.41. The number of carbonyl (C=O) groups excluding carboxylic acids is 1. The number of hydrogen-bond acceptors (Lipinski definition) is 3. The summed E-state index contributed by atoms with van der Waals surface area (Å²) in [4.78, 5) is 13.2. The first-order valence-corrected chi connectivity index (χ1v) is 2.53. The van der Waals surface area contributed by atoms with Crippen LogP contribution < -0.4 is 34.7 Å². The monoisotopic (exact) mass is 163 g/mol. The number of aromatic carboxylic acids is 1. The van der Waals surface area contributed by atoms with Crippen molar-refractivity contribution in [3.63, 3.8) is 0 Å². The standard InChI is InChI=1S/C6H4FNO2.Na/c7-5-2-1-4(3-8-5)6(9)10;/h1-3H,(H,9,10);/q;+1/p-1. The second-order valence-electron chi connectivity index (χ2n) is 1.66. The molecule has 0 aliphatic carbocycles. The molecular weight excluding hydrogens is 160 g/mol. The summed E-state index contributed by atoms with van der Waals surface area (Å²) >= 11 is 0. The van der Waals surface area contributed by atoms with Gasteiger partial charge in [0, 0.05) is 11.8 Å². The van der Waals surface area contributed by atoms with Crippen LogP contribution in [0.2, 0.25) is 0 Å². The molecule has 0 atom stereocenters. The maximum atomic E-state index is 12.0. The van der Waals surface area contributed by atoms with E-state index in [1.807, 2.05) is 0 Å². The van der Waals surface area contributed by atoms with Crippen molar-refractivity contribution in [2.24, 2.45) is 0 Å². The second-order valence-corrected chi connectivity index (χ2v) is 1.66.